The molecule has 2 N–H and O–H groups in total. The number of anilines is 1. The van der Waals surface area contributed by atoms with Gasteiger partial charge in [0, 0.05) is 5.39 Å². The fourth-order valence-corrected chi connectivity index (χ4v) is 1.53. The van der Waals surface area contributed by atoms with Gasteiger partial charge >= 0.3 is 0 Å². The molecule has 10 heavy (non-hydrogen) atoms. The van der Waals surface area contributed by atoms with Crippen LogP contribution in [0.2, 0.25) is 0 Å². The largest absolute Gasteiger partial charge is 0.382 e. The zero-order valence-electron chi connectivity index (χ0n) is 5.16. The topological polar surface area (TPSA) is 38.9 Å². The summed E-state index contributed by atoms with van der Waals surface area (Å²) in [5.74, 6) is 0.608. The summed E-state index contributed by atoms with van der Waals surface area (Å²) in [5.41, 5.74) is 5.56. The van der Waals surface area contributed by atoms with Crippen molar-refractivity contribution in [3.05, 3.63) is 24.3 Å². The van der Waals surface area contributed by atoms with Gasteiger partial charge in [0.1, 0.15) is 5.82 Å². The molecule has 0 spiro atoms. The van der Waals surface area contributed by atoms with E-state index >= 15 is 0 Å². The van der Waals surface area contributed by atoms with Crippen LogP contribution in [-0.2, 0) is 0 Å². The van der Waals surface area contributed by atoms with E-state index in [1.54, 1.807) is 0 Å². The summed E-state index contributed by atoms with van der Waals surface area (Å²) in [4.78, 5) is 0. The van der Waals surface area contributed by atoms with Crippen LogP contribution in [0.15, 0.2) is 18.2 Å². The zero-order chi connectivity index (χ0) is 6.97. The molecule has 0 aliphatic rings. The van der Waals surface area contributed by atoms with E-state index < -0.39 is 0 Å². The van der Waals surface area contributed by atoms with Gasteiger partial charge in [-0.3, -0.25) is 0 Å². The number of nitrogen functional groups attached to an aromatic ring is 1. The molecule has 1 aromatic carbocycles. The van der Waals surface area contributed by atoms with Gasteiger partial charge in [-0.25, -0.2) is 0 Å². The molecule has 2 aromatic rings. The van der Waals surface area contributed by atoms with Gasteiger partial charge in [0.25, 0.3) is 0 Å². The second-order valence-electron chi connectivity index (χ2n) is 1.99. The Labute approximate surface area is 62.5 Å². The van der Waals surface area contributed by atoms with Crippen molar-refractivity contribution in [2.24, 2.45) is 0 Å². The summed E-state index contributed by atoms with van der Waals surface area (Å²) in [6, 6.07) is 8.63. The minimum absolute atomic E-state index is 0.608. The van der Waals surface area contributed by atoms with E-state index in [-0.39, 0.29) is 0 Å². The molecule has 1 aromatic heterocycles. The number of nitrogens with two attached hydrogens (primary N) is 1. The van der Waals surface area contributed by atoms with Gasteiger partial charge < -0.3 is 5.73 Å². The zero-order valence-corrected chi connectivity index (χ0v) is 5.98. The molecule has 0 amide bonds. The Bertz CT molecular complexity index is 353. The first-order valence-corrected chi connectivity index (χ1v) is 3.66. The SMILES string of the molecule is Nc1nsc2cc[c]cc12. The predicted molar refractivity (Wildman–Crippen MR) is 42.9 cm³/mol. The Morgan fingerprint density at radius 2 is 2.50 bits per heavy atom. The van der Waals surface area contributed by atoms with Crippen molar-refractivity contribution in [3.8, 4) is 0 Å². The lowest BCUT2D eigenvalue weighted by Gasteiger charge is -1.84. The molecule has 0 bridgehead atoms. The molecule has 2 nitrogen and oxygen atoms in total. The van der Waals surface area contributed by atoms with Gasteiger partial charge in [0.2, 0.25) is 0 Å². The molecule has 0 aliphatic carbocycles. The van der Waals surface area contributed by atoms with Crippen molar-refractivity contribution in [3.63, 3.8) is 0 Å². The van der Waals surface area contributed by atoms with E-state index in [0.29, 0.717) is 5.82 Å². The average Bonchev–Trinajstić information content (AvgIpc) is 2.34. The third kappa shape index (κ3) is 0.675. The lowest BCUT2D eigenvalue weighted by Crippen LogP contribution is -1.81. The van der Waals surface area contributed by atoms with E-state index in [1.807, 2.05) is 18.2 Å². The molecule has 1 heterocycles. The lowest BCUT2D eigenvalue weighted by atomic mass is 10.3. The molecule has 0 aliphatic heterocycles. The van der Waals surface area contributed by atoms with E-state index in [4.69, 9.17) is 5.73 Å². The predicted octanol–water partition coefficient (Wildman–Crippen LogP) is 1.68. The van der Waals surface area contributed by atoms with Crippen LogP contribution < -0.4 is 5.73 Å². The maximum Gasteiger partial charge on any atom is 0.145 e. The highest BCUT2D eigenvalue weighted by molar-refractivity contribution is 7.13. The molecule has 0 saturated heterocycles. The van der Waals surface area contributed by atoms with Gasteiger partial charge in [0.15, 0.2) is 0 Å². The highest BCUT2D eigenvalue weighted by Crippen LogP contribution is 2.22. The van der Waals surface area contributed by atoms with Crippen LogP contribution >= 0.6 is 11.5 Å². The summed E-state index contributed by atoms with van der Waals surface area (Å²) in [5, 5.41) is 1.01. The second-order valence-corrected chi connectivity index (χ2v) is 2.80. The minimum Gasteiger partial charge on any atom is -0.382 e. The summed E-state index contributed by atoms with van der Waals surface area (Å²) < 4.78 is 5.12. The lowest BCUT2D eigenvalue weighted by molar-refractivity contribution is 1.58. The molecule has 0 unspecified atom stereocenters. The highest BCUT2D eigenvalue weighted by atomic mass is 32.1. The first-order valence-electron chi connectivity index (χ1n) is 2.89. The molecule has 0 atom stereocenters. The molecule has 0 fully saturated rings. The number of rotatable bonds is 0. The number of benzene rings is 1. The quantitative estimate of drug-likeness (QED) is 0.619. The maximum absolute atomic E-state index is 5.56. The molecule has 3 heteroatoms. The van der Waals surface area contributed by atoms with Crippen molar-refractivity contribution in [1.29, 1.82) is 0 Å². The van der Waals surface area contributed by atoms with Gasteiger partial charge in [-0.2, -0.15) is 4.37 Å². The summed E-state index contributed by atoms with van der Waals surface area (Å²) in [6.45, 7) is 0. The molecule has 0 saturated carbocycles. The molecular formula is C7H5N2S. The Kier molecular flexibility index (Phi) is 1.11. The number of hydrogen-bond acceptors (Lipinski definition) is 3. The van der Waals surface area contributed by atoms with Gasteiger partial charge in [-0.05, 0) is 29.7 Å². The highest BCUT2D eigenvalue weighted by Gasteiger charge is 1.98. The number of fused-ring (bicyclic) bond motifs is 1. The van der Waals surface area contributed by atoms with Crippen molar-refractivity contribution in [2.45, 2.75) is 0 Å². The molecule has 2 rings (SSSR count). The summed E-state index contributed by atoms with van der Waals surface area (Å²) in [6.07, 6.45) is 0. The first kappa shape index (κ1) is 5.68. The monoisotopic (exact) mass is 149 g/mol. The number of hydrogen-bond donors (Lipinski definition) is 1. The van der Waals surface area contributed by atoms with Gasteiger partial charge in [0.05, 0.1) is 4.70 Å². The van der Waals surface area contributed by atoms with Crippen molar-refractivity contribution >= 4 is 27.4 Å². The third-order valence-corrected chi connectivity index (χ3v) is 2.18. The van der Waals surface area contributed by atoms with Crippen molar-refractivity contribution < 1.29 is 0 Å². The molecule has 1 radical (unpaired) electrons. The van der Waals surface area contributed by atoms with Gasteiger partial charge in [-0.1, -0.05) is 6.07 Å². The van der Waals surface area contributed by atoms with E-state index in [9.17, 15) is 0 Å². The summed E-state index contributed by atoms with van der Waals surface area (Å²) in [7, 11) is 0. The smallest absolute Gasteiger partial charge is 0.145 e. The molecular weight excluding hydrogens is 144 g/mol. The van der Waals surface area contributed by atoms with Crippen LogP contribution in [0.3, 0.4) is 0 Å². The first-order chi connectivity index (χ1) is 4.88. The normalized spacial score (nSPS) is 10.4. The summed E-state index contributed by atoms with van der Waals surface area (Å²) >= 11 is 1.42. The van der Waals surface area contributed by atoms with Crippen LogP contribution in [0.1, 0.15) is 0 Å². The average molecular weight is 149 g/mol. The van der Waals surface area contributed by atoms with Crippen molar-refractivity contribution in [2.75, 3.05) is 5.73 Å². The fraction of sp³-hybridized carbons (Fsp3) is 0. The Balaban J connectivity index is 2.93. The Hall–Kier alpha value is -1.09. The Morgan fingerprint density at radius 1 is 1.60 bits per heavy atom. The Morgan fingerprint density at radius 3 is 3.30 bits per heavy atom. The van der Waals surface area contributed by atoms with E-state index in [1.165, 1.54) is 11.5 Å². The molecule has 49 valence electrons. The second kappa shape index (κ2) is 1.95. The van der Waals surface area contributed by atoms with Crippen molar-refractivity contribution in [1.82, 2.24) is 4.37 Å². The standard InChI is InChI=1S/C7H5N2S/c8-7-5-3-1-2-4-6(5)10-9-7/h2-4H,(H2,8,9). The van der Waals surface area contributed by atoms with Crippen LogP contribution in [0.5, 0.6) is 0 Å². The maximum atomic E-state index is 5.56. The van der Waals surface area contributed by atoms with Crippen LogP contribution in [0.25, 0.3) is 10.1 Å². The van der Waals surface area contributed by atoms with Crippen LogP contribution in [-0.4, -0.2) is 4.37 Å². The van der Waals surface area contributed by atoms with Crippen LogP contribution in [0, 0.1) is 6.07 Å². The minimum atomic E-state index is 0.608. The van der Waals surface area contributed by atoms with E-state index in [0.717, 1.165) is 10.1 Å². The van der Waals surface area contributed by atoms with Gasteiger partial charge in [-0.15, -0.1) is 0 Å². The van der Waals surface area contributed by atoms with E-state index in [2.05, 4.69) is 10.4 Å². The number of aromatic nitrogens is 1. The fourth-order valence-electron chi connectivity index (χ4n) is 0.843. The van der Waals surface area contributed by atoms with Crippen LogP contribution in [0.4, 0.5) is 5.82 Å². The third-order valence-electron chi connectivity index (χ3n) is 1.34. The number of nitrogens with zero attached hydrogens (tertiary/aromatic N) is 1.